The number of hydrogen-bond acceptors (Lipinski definition) is 3. The zero-order valence-electron chi connectivity index (χ0n) is 7.42. The molecule has 0 saturated carbocycles. The van der Waals surface area contributed by atoms with Crippen molar-refractivity contribution in [1.82, 2.24) is 9.97 Å². The number of nitrogens with zero attached hydrogens (tertiary/aromatic N) is 2. The van der Waals surface area contributed by atoms with E-state index in [4.69, 9.17) is 5.73 Å². The maximum absolute atomic E-state index is 5.75. The molecule has 2 N–H and O–H groups in total. The number of pyridine rings is 2. The van der Waals surface area contributed by atoms with E-state index in [2.05, 4.69) is 9.97 Å². The molecule has 0 unspecified atom stereocenters. The fourth-order valence-corrected chi connectivity index (χ4v) is 1.13. The van der Waals surface area contributed by atoms with Crippen molar-refractivity contribution in [3.05, 3.63) is 42.7 Å². The highest BCUT2D eigenvalue weighted by atomic mass is 35.5. The topological polar surface area (TPSA) is 51.8 Å². The van der Waals surface area contributed by atoms with Gasteiger partial charge in [0.05, 0.1) is 11.4 Å². The maximum atomic E-state index is 5.75. The maximum Gasteiger partial charge on any atom is 0.111 e. The minimum Gasteiger partial charge on any atom is -0.397 e. The molecule has 0 fully saturated rings. The number of nitrogen functional groups attached to an aromatic ring is 1. The van der Waals surface area contributed by atoms with Gasteiger partial charge in [0.25, 0.3) is 0 Å². The van der Waals surface area contributed by atoms with Gasteiger partial charge in [-0.15, -0.1) is 12.4 Å². The van der Waals surface area contributed by atoms with Crippen LogP contribution in [-0.2, 0) is 0 Å². The van der Waals surface area contributed by atoms with Gasteiger partial charge < -0.3 is 5.73 Å². The Balaban J connectivity index is 0.000000980. The molecular formula is C10H10ClN3. The van der Waals surface area contributed by atoms with E-state index in [1.54, 1.807) is 12.4 Å². The summed E-state index contributed by atoms with van der Waals surface area (Å²) in [6.45, 7) is 0. The van der Waals surface area contributed by atoms with Crippen LogP contribution in [0.5, 0.6) is 0 Å². The Kier molecular flexibility index (Phi) is 3.42. The summed E-state index contributed by atoms with van der Waals surface area (Å²) in [5.74, 6) is 0. The van der Waals surface area contributed by atoms with E-state index in [1.807, 2.05) is 30.3 Å². The van der Waals surface area contributed by atoms with Crippen LogP contribution in [0, 0.1) is 0 Å². The van der Waals surface area contributed by atoms with E-state index >= 15 is 0 Å². The van der Waals surface area contributed by atoms with E-state index in [0.29, 0.717) is 5.69 Å². The second-order valence-electron chi connectivity index (χ2n) is 2.66. The van der Waals surface area contributed by atoms with Gasteiger partial charge in [-0.05, 0) is 24.3 Å². The first-order valence-electron chi connectivity index (χ1n) is 4.00. The SMILES string of the molecule is Cl.Nc1cccnc1-c1ccccn1. The second-order valence-corrected chi connectivity index (χ2v) is 2.66. The largest absolute Gasteiger partial charge is 0.397 e. The highest BCUT2D eigenvalue weighted by Gasteiger charge is 2.02. The first kappa shape index (κ1) is 10.5. The smallest absolute Gasteiger partial charge is 0.111 e. The van der Waals surface area contributed by atoms with Crippen LogP contribution in [0.25, 0.3) is 11.4 Å². The highest BCUT2D eigenvalue weighted by molar-refractivity contribution is 5.85. The molecule has 4 heteroatoms. The van der Waals surface area contributed by atoms with Crippen LogP contribution in [0.1, 0.15) is 0 Å². The van der Waals surface area contributed by atoms with Crippen LogP contribution in [0.15, 0.2) is 42.7 Å². The van der Waals surface area contributed by atoms with Crippen molar-refractivity contribution in [3.8, 4) is 11.4 Å². The fourth-order valence-electron chi connectivity index (χ4n) is 1.13. The Hall–Kier alpha value is -1.61. The van der Waals surface area contributed by atoms with Crippen LogP contribution >= 0.6 is 12.4 Å². The van der Waals surface area contributed by atoms with E-state index in [0.717, 1.165) is 11.4 Å². The summed E-state index contributed by atoms with van der Waals surface area (Å²) in [5.41, 5.74) is 7.95. The lowest BCUT2D eigenvalue weighted by Crippen LogP contribution is -1.93. The van der Waals surface area contributed by atoms with Crippen LogP contribution in [0.2, 0.25) is 0 Å². The van der Waals surface area contributed by atoms with Gasteiger partial charge in [-0.25, -0.2) is 0 Å². The molecule has 2 rings (SSSR count). The first-order chi connectivity index (χ1) is 6.38. The predicted octanol–water partition coefficient (Wildman–Crippen LogP) is 2.15. The third kappa shape index (κ3) is 2.00. The molecule has 14 heavy (non-hydrogen) atoms. The summed E-state index contributed by atoms with van der Waals surface area (Å²) in [6, 6.07) is 9.29. The first-order valence-corrected chi connectivity index (χ1v) is 4.00. The third-order valence-electron chi connectivity index (χ3n) is 1.75. The standard InChI is InChI=1S/C10H9N3.ClH/c11-8-4-3-7-13-10(8)9-5-1-2-6-12-9;/h1-7H,11H2;1H. The number of hydrogen-bond donors (Lipinski definition) is 1. The van der Waals surface area contributed by atoms with Gasteiger partial charge in [-0.3, -0.25) is 9.97 Å². The van der Waals surface area contributed by atoms with Gasteiger partial charge in [-0.2, -0.15) is 0 Å². The van der Waals surface area contributed by atoms with Gasteiger partial charge in [0, 0.05) is 12.4 Å². The summed E-state index contributed by atoms with van der Waals surface area (Å²) in [5, 5.41) is 0. The monoisotopic (exact) mass is 207 g/mol. The third-order valence-corrected chi connectivity index (χ3v) is 1.75. The molecule has 0 aliphatic rings. The van der Waals surface area contributed by atoms with Crippen molar-refractivity contribution in [2.45, 2.75) is 0 Å². The van der Waals surface area contributed by atoms with Gasteiger partial charge in [-0.1, -0.05) is 6.07 Å². The quantitative estimate of drug-likeness (QED) is 0.780. The second kappa shape index (κ2) is 4.58. The molecular weight excluding hydrogens is 198 g/mol. The summed E-state index contributed by atoms with van der Waals surface area (Å²) in [7, 11) is 0. The summed E-state index contributed by atoms with van der Waals surface area (Å²) >= 11 is 0. The number of nitrogens with two attached hydrogens (primary N) is 1. The lowest BCUT2D eigenvalue weighted by Gasteiger charge is -2.01. The van der Waals surface area contributed by atoms with Gasteiger partial charge in [0.15, 0.2) is 0 Å². The van der Waals surface area contributed by atoms with Crippen LogP contribution < -0.4 is 5.73 Å². The Morgan fingerprint density at radius 3 is 2.36 bits per heavy atom. The van der Waals surface area contributed by atoms with Crippen LogP contribution in [-0.4, -0.2) is 9.97 Å². The van der Waals surface area contributed by atoms with E-state index in [9.17, 15) is 0 Å². The van der Waals surface area contributed by atoms with E-state index < -0.39 is 0 Å². The van der Waals surface area contributed by atoms with Crippen LogP contribution in [0.4, 0.5) is 5.69 Å². The van der Waals surface area contributed by atoms with Crippen molar-refractivity contribution >= 4 is 18.1 Å². The van der Waals surface area contributed by atoms with E-state index in [-0.39, 0.29) is 12.4 Å². The molecule has 2 aromatic heterocycles. The molecule has 0 aliphatic heterocycles. The molecule has 0 atom stereocenters. The normalized spacial score (nSPS) is 9.14. The van der Waals surface area contributed by atoms with Crippen molar-refractivity contribution < 1.29 is 0 Å². The Labute approximate surface area is 88.4 Å². The average molecular weight is 208 g/mol. The lowest BCUT2D eigenvalue weighted by molar-refractivity contribution is 1.25. The number of halogens is 1. The molecule has 72 valence electrons. The fraction of sp³-hybridized carbons (Fsp3) is 0. The molecule has 0 amide bonds. The minimum atomic E-state index is 0. The Bertz CT molecular complexity index is 403. The van der Waals surface area contributed by atoms with E-state index in [1.165, 1.54) is 0 Å². The van der Waals surface area contributed by atoms with Crippen molar-refractivity contribution in [1.29, 1.82) is 0 Å². The minimum absolute atomic E-state index is 0. The highest BCUT2D eigenvalue weighted by Crippen LogP contribution is 2.19. The Morgan fingerprint density at radius 2 is 1.71 bits per heavy atom. The molecule has 2 aromatic rings. The molecule has 3 nitrogen and oxygen atoms in total. The zero-order valence-corrected chi connectivity index (χ0v) is 8.24. The van der Waals surface area contributed by atoms with Crippen molar-refractivity contribution in [3.63, 3.8) is 0 Å². The lowest BCUT2D eigenvalue weighted by atomic mass is 10.2. The van der Waals surface area contributed by atoms with Crippen molar-refractivity contribution in [2.75, 3.05) is 5.73 Å². The van der Waals surface area contributed by atoms with Gasteiger partial charge in [0.1, 0.15) is 5.69 Å². The molecule has 0 saturated heterocycles. The summed E-state index contributed by atoms with van der Waals surface area (Å²) in [6.07, 6.45) is 3.43. The van der Waals surface area contributed by atoms with Crippen LogP contribution in [0.3, 0.4) is 0 Å². The number of anilines is 1. The molecule has 0 spiro atoms. The van der Waals surface area contributed by atoms with Gasteiger partial charge in [0.2, 0.25) is 0 Å². The molecule has 0 aliphatic carbocycles. The molecule has 0 radical (unpaired) electrons. The summed E-state index contributed by atoms with van der Waals surface area (Å²) < 4.78 is 0. The molecule has 0 aromatic carbocycles. The summed E-state index contributed by atoms with van der Waals surface area (Å²) in [4.78, 5) is 8.33. The Morgan fingerprint density at radius 1 is 0.929 bits per heavy atom. The molecule has 0 bridgehead atoms. The van der Waals surface area contributed by atoms with Gasteiger partial charge >= 0.3 is 0 Å². The predicted molar refractivity (Wildman–Crippen MR) is 59.1 cm³/mol. The average Bonchev–Trinajstić information content (AvgIpc) is 2.20. The molecule has 2 heterocycles. The number of aromatic nitrogens is 2. The van der Waals surface area contributed by atoms with Crippen molar-refractivity contribution in [2.24, 2.45) is 0 Å². The zero-order chi connectivity index (χ0) is 9.10. The number of rotatable bonds is 1.